The summed E-state index contributed by atoms with van der Waals surface area (Å²) >= 11 is 0. The topological polar surface area (TPSA) is 138 Å². The zero-order valence-electron chi connectivity index (χ0n) is 42.8. The summed E-state index contributed by atoms with van der Waals surface area (Å²) in [5, 5.41) is 29.6. The van der Waals surface area contributed by atoms with Crippen molar-refractivity contribution in [2.45, 2.75) is 101 Å². The van der Waals surface area contributed by atoms with E-state index < -0.39 is 30.1 Å². The van der Waals surface area contributed by atoms with Gasteiger partial charge in [0.25, 0.3) is 0 Å². The third-order valence-corrected chi connectivity index (χ3v) is 15.4. The Morgan fingerprint density at radius 3 is 2.37 bits per heavy atom. The second-order valence-corrected chi connectivity index (χ2v) is 20.2. The van der Waals surface area contributed by atoms with Gasteiger partial charge in [0.05, 0.1) is 44.6 Å². The largest absolute Gasteiger partial charge is 0.459 e. The third kappa shape index (κ3) is 11.8. The van der Waals surface area contributed by atoms with Gasteiger partial charge in [-0.05, 0) is 119 Å². The molecule has 12 nitrogen and oxygen atoms in total. The van der Waals surface area contributed by atoms with Gasteiger partial charge in [-0.2, -0.15) is 0 Å². The molecule has 2 N–H and O–H groups in total. The fourth-order valence-corrected chi connectivity index (χ4v) is 11.9. The summed E-state index contributed by atoms with van der Waals surface area (Å²) in [5.74, 6) is -0.282. The van der Waals surface area contributed by atoms with Crippen LogP contribution in [0.1, 0.15) is 86.8 Å². The first-order valence-corrected chi connectivity index (χ1v) is 27.0. The van der Waals surface area contributed by atoms with Gasteiger partial charge in [-0.3, -0.25) is 4.90 Å². The number of amides is 1. The molecule has 1 saturated carbocycles. The molecular weight excluding hydrogens is 945 g/mol. The highest BCUT2D eigenvalue weighted by molar-refractivity contribution is 6.03. The molecule has 6 aromatic carbocycles. The summed E-state index contributed by atoms with van der Waals surface area (Å²) in [6, 6.07) is 43.8. The Kier molecular flexibility index (Phi) is 17.2. The Balaban J connectivity index is 1.13. The van der Waals surface area contributed by atoms with Crippen molar-refractivity contribution in [1.29, 1.82) is 0 Å². The average Bonchev–Trinajstić information content (AvgIpc) is 3.52. The Bertz CT molecular complexity index is 2930. The number of unbranched alkanes of at least 4 members (excludes halogenated alkanes) is 2. The van der Waals surface area contributed by atoms with Crippen molar-refractivity contribution in [3.8, 4) is 17.2 Å². The molecule has 6 aromatic rings. The van der Waals surface area contributed by atoms with Gasteiger partial charge < -0.3 is 43.5 Å². The number of hydrogen-bond acceptors (Lipinski definition) is 11. The number of oxime groups is 1. The van der Waals surface area contributed by atoms with Crippen LogP contribution in [0.2, 0.25) is 0 Å². The Hall–Kier alpha value is -6.54. The number of fused-ring (bicyclic) bond motifs is 4. The molecule has 1 saturated heterocycles. The number of aliphatic hydroxyl groups excluding tert-OH is 2. The number of rotatable bonds is 23. The number of aliphatic hydroxyl groups is 2. The maximum Gasteiger partial charge on any atom is 0.410 e. The zero-order chi connectivity index (χ0) is 51.4. The van der Waals surface area contributed by atoms with Crippen LogP contribution >= 0.6 is 0 Å². The molecule has 0 radical (unpaired) electrons. The number of carbonyl (C=O) groups excluding carboxylic acids is 1. The molecule has 4 aliphatic rings. The van der Waals surface area contributed by atoms with Crippen molar-refractivity contribution in [2.24, 2.45) is 22.9 Å². The van der Waals surface area contributed by atoms with E-state index in [4.69, 9.17) is 38.4 Å². The molecular formula is C63H70N2O10. The first-order valence-electron chi connectivity index (χ1n) is 27.0. The molecule has 12 heteroatoms. The molecule has 2 fully saturated rings. The Labute approximate surface area is 440 Å². The highest BCUT2D eigenvalue weighted by atomic mass is 16.8. The Morgan fingerprint density at radius 1 is 0.800 bits per heavy atom. The molecule has 7 atom stereocenters. The maximum absolute atomic E-state index is 15.4. The average molecular weight is 1020 g/mol. The highest BCUT2D eigenvalue weighted by Gasteiger charge is 2.66. The summed E-state index contributed by atoms with van der Waals surface area (Å²) in [5.41, 5.74) is 4.52. The van der Waals surface area contributed by atoms with Crippen molar-refractivity contribution < 1.29 is 48.3 Å². The lowest BCUT2D eigenvalue weighted by Crippen LogP contribution is -2.70. The predicted molar refractivity (Wildman–Crippen MR) is 291 cm³/mol. The van der Waals surface area contributed by atoms with Crippen LogP contribution in [0.25, 0.3) is 21.5 Å². The highest BCUT2D eigenvalue weighted by Crippen LogP contribution is 2.62. The van der Waals surface area contributed by atoms with E-state index in [2.05, 4.69) is 67.3 Å². The third-order valence-electron chi connectivity index (χ3n) is 15.4. The van der Waals surface area contributed by atoms with Crippen LogP contribution in [0.4, 0.5) is 4.79 Å². The van der Waals surface area contributed by atoms with Gasteiger partial charge in [0.2, 0.25) is 12.1 Å². The molecule has 2 aliphatic carbocycles. The minimum absolute atomic E-state index is 0.0112. The minimum Gasteiger partial charge on any atom is -0.459 e. The predicted octanol–water partition coefficient (Wildman–Crippen LogP) is 12.8. The van der Waals surface area contributed by atoms with Gasteiger partial charge >= 0.3 is 6.09 Å². The second-order valence-electron chi connectivity index (χ2n) is 20.2. The van der Waals surface area contributed by atoms with E-state index in [1.165, 1.54) is 0 Å². The number of carbonyl (C=O) groups is 1. The lowest BCUT2D eigenvalue weighted by Gasteiger charge is -2.60. The molecule has 0 aromatic heterocycles. The van der Waals surface area contributed by atoms with E-state index in [1.807, 2.05) is 78.9 Å². The van der Waals surface area contributed by atoms with E-state index in [9.17, 15) is 10.2 Å². The van der Waals surface area contributed by atoms with E-state index in [1.54, 1.807) is 11.0 Å². The van der Waals surface area contributed by atoms with Gasteiger partial charge in [-0.1, -0.05) is 133 Å². The summed E-state index contributed by atoms with van der Waals surface area (Å²) < 4.78 is 40.1. The molecule has 75 heavy (non-hydrogen) atoms. The SMILES string of the molecule is C=CCOC12Oc3ccc(Oc4ccc5ccccc5c4)cc3C3C(CCCCO)C(CCCCO)C=C(C(=NOC4CCCCO4)CC1N(Cc1cccc4ccccc14)C(=O)OCCOCc1ccccc1)C32. The number of ether oxygens (including phenoxy) is 6. The van der Waals surface area contributed by atoms with Crippen molar-refractivity contribution in [1.82, 2.24) is 4.90 Å². The number of benzene rings is 6. The monoisotopic (exact) mass is 1010 g/mol. The van der Waals surface area contributed by atoms with Crippen molar-refractivity contribution in [3.05, 3.63) is 174 Å². The van der Waals surface area contributed by atoms with Crippen LogP contribution in [-0.4, -0.2) is 84.7 Å². The fraction of sp³-hybridized carbons (Fsp3) is 0.397. The van der Waals surface area contributed by atoms with Gasteiger partial charge in [0.15, 0.2) is 0 Å². The summed E-state index contributed by atoms with van der Waals surface area (Å²) in [4.78, 5) is 23.6. The zero-order valence-corrected chi connectivity index (χ0v) is 42.8. The normalized spacial score (nSPS) is 23.4. The van der Waals surface area contributed by atoms with Gasteiger partial charge in [-0.25, -0.2) is 4.79 Å². The van der Waals surface area contributed by atoms with E-state index >= 15 is 4.79 Å². The quantitative estimate of drug-likeness (QED) is 0.0362. The van der Waals surface area contributed by atoms with E-state index in [-0.39, 0.29) is 63.8 Å². The first-order chi connectivity index (χ1) is 37.0. The van der Waals surface area contributed by atoms with Gasteiger partial charge in [0, 0.05) is 37.5 Å². The van der Waals surface area contributed by atoms with Gasteiger partial charge in [-0.15, -0.1) is 6.58 Å². The smallest absolute Gasteiger partial charge is 0.410 e. The lowest BCUT2D eigenvalue weighted by molar-refractivity contribution is -0.256. The summed E-state index contributed by atoms with van der Waals surface area (Å²) in [6.07, 6.45) is 10.3. The van der Waals surface area contributed by atoms with Crippen molar-refractivity contribution in [2.75, 3.05) is 39.6 Å². The van der Waals surface area contributed by atoms with Crippen LogP contribution in [0.5, 0.6) is 17.2 Å². The molecule has 0 bridgehead atoms. The Morgan fingerprint density at radius 2 is 1.56 bits per heavy atom. The molecule has 7 unspecified atom stereocenters. The molecule has 0 spiro atoms. The number of nitrogens with zero attached hydrogens (tertiary/aromatic N) is 2. The van der Waals surface area contributed by atoms with Crippen molar-refractivity contribution in [3.63, 3.8) is 0 Å². The van der Waals surface area contributed by atoms with E-state index in [0.717, 1.165) is 82.3 Å². The molecule has 10 rings (SSSR count). The van der Waals surface area contributed by atoms with Crippen molar-refractivity contribution >= 4 is 33.3 Å². The minimum atomic E-state index is -1.52. The van der Waals surface area contributed by atoms with Crippen LogP contribution < -0.4 is 9.47 Å². The van der Waals surface area contributed by atoms with Crippen LogP contribution in [-0.2, 0) is 36.9 Å². The van der Waals surface area contributed by atoms with E-state index in [0.29, 0.717) is 55.4 Å². The molecule has 2 heterocycles. The number of allylic oxidation sites excluding steroid dienone is 1. The molecule has 1 amide bonds. The van der Waals surface area contributed by atoms with Crippen LogP contribution in [0, 0.1) is 17.8 Å². The lowest BCUT2D eigenvalue weighted by atomic mass is 9.55. The molecule has 2 aliphatic heterocycles. The van der Waals surface area contributed by atoms with Crippen LogP contribution in [0.3, 0.4) is 0 Å². The van der Waals surface area contributed by atoms with Gasteiger partial charge in [0.1, 0.15) is 29.9 Å². The summed E-state index contributed by atoms with van der Waals surface area (Å²) in [6.45, 7) is 5.74. The fourth-order valence-electron chi connectivity index (χ4n) is 11.9. The standard InChI is InChI=1S/C63H70N2O10/c1-2-34-72-63-58(65(42-49-24-16-23-46-20-8-9-25-52(46)49)62(68)71-37-36-69-43-44-17-4-3-5-18-44)41-56(64-75-59-27-12-15-35-70-59)54-39-48(22-10-13-32-66)53(26-11-14-33-67)60(61(54)63)55-40-51(30-31-57(55)74-63)73-50-29-28-45-19-6-7-21-47(45)38-50/h2-9,16-21,23-25,28-31,38-40,48,53,58-61,66-67H,1,10-15,22,26-27,32-37,41-43H2. The first kappa shape index (κ1) is 51.9. The second kappa shape index (κ2) is 24.9. The molecule has 392 valence electrons. The summed E-state index contributed by atoms with van der Waals surface area (Å²) in [7, 11) is 0. The maximum atomic E-state index is 15.4. The van der Waals surface area contributed by atoms with Crippen LogP contribution in [0.15, 0.2) is 163 Å². The number of hydrogen-bond donors (Lipinski definition) is 2.